The van der Waals surface area contributed by atoms with Gasteiger partial charge in [-0.05, 0) is 80.5 Å². The van der Waals surface area contributed by atoms with Gasteiger partial charge in [0.25, 0.3) is 5.91 Å². The summed E-state index contributed by atoms with van der Waals surface area (Å²) in [4.78, 5) is 46.8. The molecule has 9 nitrogen and oxygen atoms in total. The lowest BCUT2D eigenvalue weighted by Crippen LogP contribution is -2.44. The van der Waals surface area contributed by atoms with Gasteiger partial charge in [0, 0.05) is 75.6 Å². The average Bonchev–Trinajstić information content (AvgIpc) is 3.55. The Morgan fingerprint density at radius 1 is 0.909 bits per heavy atom. The number of hydrogen-bond acceptors (Lipinski definition) is 6. The predicted octanol–water partition coefficient (Wildman–Crippen LogP) is 4.39. The van der Waals surface area contributed by atoms with Gasteiger partial charge in [-0.25, -0.2) is 8.42 Å². The van der Waals surface area contributed by atoms with E-state index in [4.69, 9.17) is 23.2 Å². The number of halogens is 2. The van der Waals surface area contributed by atoms with Crippen molar-refractivity contribution in [2.24, 2.45) is 17.8 Å². The minimum atomic E-state index is -3.41. The third-order valence-electron chi connectivity index (χ3n) is 9.33. The van der Waals surface area contributed by atoms with Gasteiger partial charge < -0.3 is 19.6 Å². The summed E-state index contributed by atoms with van der Waals surface area (Å²) in [5, 5.41) is 0.778. The minimum absolute atomic E-state index is 0.0491. The normalized spacial score (nSPS) is 21.0. The van der Waals surface area contributed by atoms with Crippen LogP contribution >= 0.6 is 23.2 Å². The third-order valence-corrected chi connectivity index (χ3v) is 11.2. The van der Waals surface area contributed by atoms with Crippen molar-refractivity contribution in [3.8, 4) is 0 Å². The Hall–Kier alpha value is -2.66. The van der Waals surface area contributed by atoms with Gasteiger partial charge in [-0.1, -0.05) is 29.3 Å². The number of hydrogen-bond donors (Lipinski definition) is 0. The molecule has 5 rings (SSSR count). The fourth-order valence-corrected chi connectivity index (χ4v) is 7.89. The summed E-state index contributed by atoms with van der Waals surface area (Å²) in [6, 6.07) is 10.0. The molecule has 3 saturated heterocycles. The van der Waals surface area contributed by atoms with Crippen molar-refractivity contribution >= 4 is 56.4 Å². The van der Waals surface area contributed by atoms with Gasteiger partial charge in [-0.3, -0.25) is 14.4 Å². The molecule has 0 bridgehead atoms. The maximum atomic E-state index is 13.8. The van der Waals surface area contributed by atoms with Crippen LogP contribution in [0.4, 0.5) is 5.69 Å². The van der Waals surface area contributed by atoms with Gasteiger partial charge in [0.2, 0.25) is 11.8 Å². The largest absolute Gasteiger partial charge is 0.343 e. The number of nitrogens with zero attached hydrogens (tertiary/aromatic N) is 4. The van der Waals surface area contributed by atoms with Gasteiger partial charge in [0.05, 0.1) is 15.5 Å². The number of aryl methyl sites for hydroxylation is 1. The average molecular weight is 664 g/mol. The maximum Gasteiger partial charge on any atom is 0.255 e. The Bertz CT molecular complexity index is 1530. The number of fused-ring (bicyclic) bond motifs is 1. The number of rotatable bonds is 8. The van der Waals surface area contributed by atoms with Crippen LogP contribution in [0.2, 0.25) is 10.0 Å². The first kappa shape index (κ1) is 32.7. The van der Waals surface area contributed by atoms with E-state index < -0.39 is 9.84 Å². The van der Waals surface area contributed by atoms with E-state index in [-0.39, 0.29) is 33.6 Å². The molecule has 0 aliphatic carbocycles. The highest BCUT2D eigenvalue weighted by Crippen LogP contribution is 2.34. The molecule has 2 unspecified atom stereocenters. The molecule has 44 heavy (non-hydrogen) atoms. The first-order valence-electron chi connectivity index (χ1n) is 15.2. The van der Waals surface area contributed by atoms with Crippen LogP contribution in [0.25, 0.3) is 0 Å². The monoisotopic (exact) mass is 662 g/mol. The van der Waals surface area contributed by atoms with Crippen molar-refractivity contribution in [3.05, 3.63) is 57.6 Å². The molecule has 0 aromatic heterocycles. The van der Waals surface area contributed by atoms with Crippen LogP contribution in [-0.2, 0) is 19.4 Å². The zero-order valence-corrected chi connectivity index (χ0v) is 27.8. The zero-order valence-electron chi connectivity index (χ0n) is 25.5. The van der Waals surface area contributed by atoms with Gasteiger partial charge in [-0.15, -0.1) is 0 Å². The van der Waals surface area contributed by atoms with E-state index in [9.17, 15) is 22.8 Å². The second-order valence-electron chi connectivity index (χ2n) is 12.5. The van der Waals surface area contributed by atoms with E-state index in [0.29, 0.717) is 68.0 Å². The molecule has 12 heteroatoms. The highest BCUT2D eigenvalue weighted by atomic mass is 35.5. The van der Waals surface area contributed by atoms with E-state index in [1.54, 1.807) is 11.8 Å². The standard InChI is InChI=1S/C32H40Cl2N4O5S/c1-21-5-6-26(15-29(21)33)38(31(40)23-9-13-36(14-10-23)22(2)39)12-4-11-35-17-24-19-37(20-25(24)18-35)32(41)28-8-7-27(16-30(28)34)44(3,42)43/h5-8,15-16,23-25H,4,9-14,17-20H2,1-3H3. The van der Waals surface area contributed by atoms with Gasteiger partial charge in [0.1, 0.15) is 0 Å². The molecule has 2 aromatic rings. The van der Waals surface area contributed by atoms with Gasteiger partial charge in [0.15, 0.2) is 9.84 Å². The number of amides is 3. The van der Waals surface area contributed by atoms with Crippen molar-refractivity contribution in [1.82, 2.24) is 14.7 Å². The van der Waals surface area contributed by atoms with E-state index in [0.717, 1.165) is 43.6 Å². The Morgan fingerprint density at radius 2 is 1.57 bits per heavy atom. The lowest BCUT2D eigenvalue weighted by atomic mass is 9.94. The van der Waals surface area contributed by atoms with E-state index in [2.05, 4.69) is 4.90 Å². The van der Waals surface area contributed by atoms with Crippen LogP contribution in [-0.4, -0.2) is 99.5 Å². The number of piperidine rings is 1. The first-order valence-corrected chi connectivity index (χ1v) is 17.8. The fourth-order valence-electron chi connectivity index (χ4n) is 6.74. The molecule has 2 atom stereocenters. The SMILES string of the molecule is CC(=O)N1CCC(C(=O)N(CCCN2CC3CN(C(=O)c4ccc(S(C)(=O)=O)cc4Cl)CC3C2)c2ccc(C)c(Cl)c2)CC1. The Kier molecular flexibility index (Phi) is 9.94. The quantitative estimate of drug-likeness (QED) is 0.416. The van der Waals surface area contributed by atoms with Crippen LogP contribution in [0.3, 0.4) is 0 Å². The molecule has 0 radical (unpaired) electrons. The zero-order chi connectivity index (χ0) is 31.8. The predicted molar refractivity (Wildman–Crippen MR) is 172 cm³/mol. The van der Waals surface area contributed by atoms with Crippen LogP contribution in [0.15, 0.2) is 41.3 Å². The van der Waals surface area contributed by atoms with E-state index in [1.165, 1.54) is 18.2 Å². The number of anilines is 1. The summed E-state index contributed by atoms with van der Waals surface area (Å²) >= 11 is 12.8. The fraction of sp³-hybridized carbons (Fsp3) is 0.531. The summed E-state index contributed by atoms with van der Waals surface area (Å²) in [5.41, 5.74) is 2.08. The number of carbonyl (C=O) groups excluding carboxylic acids is 3. The smallest absolute Gasteiger partial charge is 0.255 e. The molecule has 3 fully saturated rings. The number of carbonyl (C=O) groups is 3. The molecule has 2 aromatic carbocycles. The van der Waals surface area contributed by atoms with Gasteiger partial charge >= 0.3 is 0 Å². The van der Waals surface area contributed by atoms with E-state index in [1.807, 2.05) is 34.9 Å². The highest BCUT2D eigenvalue weighted by Gasteiger charge is 2.42. The Balaban J connectivity index is 1.16. The Labute approximate surface area is 270 Å². The second-order valence-corrected chi connectivity index (χ2v) is 15.3. The molecule has 3 aliphatic heterocycles. The topological polar surface area (TPSA) is 98.3 Å². The number of likely N-dealkylation sites (tertiary alicyclic amines) is 3. The summed E-state index contributed by atoms with van der Waals surface area (Å²) < 4.78 is 23.7. The van der Waals surface area contributed by atoms with E-state index >= 15 is 0 Å². The molecule has 238 valence electrons. The number of sulfone groups is 1. The summed E-state index contributed by atoms with van der Waals surface area (Å²) in [6.45, 7) is 9.15. The maximum absolute atomic E-state index is 13.8. The molecular formula is C32H40Cl2N4O5S. The second kappa shape index (κ2) is 13.4. The summed E-state index contributed by atoms with van der Waals surface area (Å²) in [5.74, 6) is 0.547. The third kappa shape index (κ3) is 7.25. The molecule has 3 heterocycles. The molecule has 3 aliphatic rings. The van der Waals surface area contributed by atoms with Crippen LogP contribution < -0.4 is 4.90 Å². The van der Waals surface area contributed by atoms with Crippen molar-refractivity contribution in [2.75, 3.05) is 63.5 Å². The van der Waals surface area contributed by atoms with Crippen LogP contribution in [0.1, 0.15) is 42.1 Å². The Morgan fingerprint density at radius 3 is 2.14 bits per heavy atom. The highest BCUT2D eigenvalue weighted by molar-refractivity contribution is 7.90. The molecule has 0 spiro atoms. The van der Waals surface area contributed by atoms with Crippen LogP contribution in [0.5, 0.6) is 0 Å². The first-order chi connectivity index (χ1) is 20.8. The van der Waals surface area contributed by atoms with Crippen molar-refractivity contribution in [2.45, 2.75) is 38.0 Å². The molecular weight excluding hydrogens is 623 g/mol. The van der Waals surface area contributed by atoms with Crippen molar-refractivity contribution < 1.29 is 22.8 Å². The molecule has 3 amide bonds. The number of benzene rings is 2. The summed E-state index contributed by atoms with van der Waals surface area (Å²) in [6.07, 6.45) is 3.23. The lowest BCUT2D eigenvalue weighted by Gasteiger charge is -2.34. The van der Waals surface area contributed by atoms with Crippen molar-refractivity contribution in [1.29, 1.82) is 0 Å². The molecule has 0 saturated carbocycles. The molecule has 0 N–H and O–H groups in total. The van der Waals surface area contributed by atoms with Crippen LogP contribution in [0, 0.1) is 24.7 Å². The van der Waals surface area contributed by atoms with Crippen molar-refractivity contribution in [3.63, 3.8) is 0 Å². The minimum Gasteiger partial charge on any atom is -0.343 e. The van der Waals surface area contributed by atoms with Gasteiger partial charge in [-0.2, -0.15) is 0 Å². The summed E-state index contributed by atoms with van der Waals surface area (Å²) in [7, 11) is -3.41. The lowest BCUT2D eigenvalue weighted by molar-refractivity contribution is -0.133.